The maximum Gasteiger partial charge on any atom is 0.251 e. The highest BCUT2D eigenvalue weighted by molar-refractivity contribution is 5.95. The normalized spacial score (nSPS) is 11.1. The summed E-state index contributed by atoms with van der Waals surface area (Å²) in [6.07, 6.45) is 1.70. The predicted molar refractivity (Wildman–Crippen MR) is 156 cm³/mol. The molecule has 0 spiro atoms. The lowest BCUT2D eigenvalue weighted by atomic mass is 10.1. The van der Waals surface area contributed by atoms with E-state index in [2.05, 4.69) is 17.6 Å². The van der Waals surface area contributed by atoms with Crippen LogP contribution in [0.15, 0.2) is 36.4 Å². The monoisotopic (exact) mass is 547 g/mol. The van der Waals surface area contributed by atoms with Crippen LogP contribution in [-0.2, 0) is 13.5 Å². The van der Waals surface area contributed by atoms with Crippen molar-refractivity contribution in [1.29, 1.82) is 0 Å². The fraction of sp³-hybridized carbons (Fsp3) is 0.379. The summed E-state index contributed by atoms with van der Waals surface area (Å²) in [6, 6.07) is 10.9. The molecule has 0 atom stereocenters. The van der Waals surface area contributed by atoms with Gasteiger partial charge in [-0.2, -0.15) is 5.10 Å². The Labute approximate surface area is 234 Å². The lowest BCUT2D eigenvalue weighted by molar-refractivity contribution is 0.0951. The van der Waals surface area contributed by atoms with Gasteiger partial charge in [0.05, 0.1) is 27.0 Å². The van der Waals surface area contributed by atoms with E-state index >= 15 is 0 Å². The zero-order valence-electron chi connectivity index (χ0n) is 24.2. The zero-order chi connectivity index (χ0) is 28.8. The minimum absolute atomic E-state index is 0.113. The summed E-state index contributed by atoms with van der Waals surface area (Å²) in [4.78, 5) is 24.4. The second kappa shape index (κ2) is 12.6. The fourth-order valence-electron chi connectivity index (χ4n) is 4.41. The Bertz CT molecular complexity index is 1460. The summed E-state index contributed by atoms with van der Waals surface area (Å²) in [5, 5.41) is 11.1. The summed E-state index contributed by atoms with van der Waals surface area (Å²) in [7, 11) is 10.5. The molecule has 11 nitrogen and oxygen atoms in total. The van der Waals surface area contributed by atoms with Crippen LogP contribution in [0.2, 0.25) is 0 Å². The number of fused-ring (bicyclic) bond motifs is 1. The first-order valence-electron chi connectivity index (χ1n) is 13.1. The first-order valence-corrected chi connectivity index (χ1v) is 13.1. The van der Waals surface area contributed by atoms with E-state index in [0.717, 1.165) is 41.8 Å². The number of nitrogens with zero attached hydrogens (tertiary/aromatic N) is 5. The number of likely N-dealkylation sites (N-methyl/N-ethyl adjacent to an activating group) is 1. The van der Waals surface area contributed by atoms with Gasteiger partial charge in [-0.05, 0) is 56.9 Å². The second-order valence-electron chi connectivity index (χ2n) is 9.59. The third-order valence-corrected chi connectivity index (χ3v) is 6.42. The van der Waals surface area contributed by atoms with Crippen LogP contribution in [0.3, 0.4) is 0 Å². The molecule has 4 aromatic rings. The van der Waals surface area contributed by atoms with Gasteiger partial charge in [-0.15, -0.1) is 0 Å². The molecular formula is C29H37N7O4. The molecule has 0 saturated carbocycles. The molecular weight excluding hydrogens is 510 g/mol. The topological polar surface area (TPSA) is 116 Å². The van der Waals surface area contributed by atoms with Gasteiger partial charge in [0.2, 0.25) is 5.75 Å². The lowest BCUT2D eigenvalue weighted by Crippen LogP contribution is -2.31. The molecule has 0 radical (unpaired) electrons. The smallest absolute Gasteiger partial charge is 0.251 e. The number of benzene rings is 2. The first-order chi connectivity index (χ1) is 19.3. The molecule has 2 aromatic heterocycles. The van der Waals surface area contributed by atoms with Crippen molar-refractivity contribution in [3.63, 3.8) is 0 Å². The van der Waals surface area contributed by atoms with Crippen molar-refractivity contribution >= 4 is 28.4 Å². The van der Waals surface area contributed by atoms with Gasteiger partial charge in [0, 0.05) is 37.0 Å². The Kier molecular flexibility index (Phi) is 9.05. The molecule has 0 bridgehead atoms. The Hall–Kier alpha value is -4.38. The fourth-order valence-corrected chi connectivity index (χ4v) is 4.41. The van der Waals surface area contributed by atoms with E-state index in [-0.39, 0.29) is 5.91 Å². The van der Waals surface area contributed by atoms with E-state index in [1.165, 1.54) is 0 Å². The number of aryl methyl sites for hydroxylation is 2. The molecule has 2 heterocycles. The van der Waals surface area contributed by atoms with Crippen LogP contribution in [0.4, 0.5) is 11.5 Å². The molecule has 0 aliphatic carbocycles. The summed E-state index contributed by atoms with van der Waals surface area (Å²) in [5.41, 5.74) is 4.51. The van der Waals surface area contributed by atoms with Crippen molar-refractivity contribution < 1.29 is 19.0 Å². The largest absolute Gasteiger partial charge is 0.493 e. The number of aromatic nitrogens is 4. The van der Waals surface area contributed by atoms with Crippen molar-refractivity contribution in [2.24, 2.45) is 7.05 Å². The number of hydrogen-bond acceptors (Lipinski definition) is 9. The van der Waals surface area contributed by atoms with E-state index in [4.69, 9.17) is 29.3 Å². The number of nitrogens with one attached hydrogen (secondary N) is 2. The number of carbonyl (C=O) groups is 1. The van der Waals surface area contributed by atoms with Crippen molar-refractivity contribution in [3.05, 3.63) is 47.7 Å². The number of anilines is 2. The highest BCUT2D eigenvalue weighted by Gasteiger charge is 2.21. The highest BCUT2D eigenvalue weighted by atomic mass is 16.5. The molecule has 1 amide bonds. The molecule has 0 aliphatic heterocycles. The molecule has 0 unspecified atom stereocenters. The van der Waals surface area contributed by atoms with Crippen molar-refractivity contribution in [2.45, 2.75) is 19.8 Å². The van der Waals surface area contributed by atoms with Crippen LogP contribution < -0.4 is 24.8 Å². The van der Waals surface area contributed by atoms with Gasteiger partial charge in [0.15, 0.2) is 23.1 Å². The van der Waals surface area contributed by atoms with Gasteiger partial charge >= 0.3 is 0 Å². The van der Waals surface area contributed by atoms with Gasteiger partial charge in [-0.25, -0.2) is 9.97 Å². The molecule has 0 aliphatic rings. The van der Waals surface area contributed by atoms with Crippen LogP contribution in [0.25, 0.3) is 22.4 Å². The Morgan fingerprint density at radius 1 is 1.00 bits per heavy atom. The van der Waals surface area contributed by atoms with Crippen molar-refractivity contribution in [3.8, 4) is 28.6 Å². The van der Waals surface area contributed by atoms with E-state index in [1.54, 1.807) is 38.1 Å². The number of methoxy groups -OCH3 is 3. The number of ether oxygens (including phenoxy) is 3. The predicted octanol–water partition coefficient (Wildman–Crippen LogP) is 4.04. The number of rotatable bonds is 12. The molecule has 0 fully saturated rings. The summed E-state index contributed by atoms with van der Waals surface area (Å²) in [6.45, 7) is 3.46. The summed E-state index contributed by atoms with van der Waals surface area (Å²) < 4.78 is 18.4. The Morgan fingerprint density at radius 3 is 2.25 bits per heavy atom. The van der Waals surface area contributed by atoms with Crippen LogP contribution in [-0.4, -0.2) is 79.1 Å². The van der Waals surface area contributed by atoms with Gasteiger partial charge in [-0.3, -0.25) is 9.48 Å². The first kappa shape index (κ1) is 28.6. The molecule has 11 heteroatoms. The number of hydrogen-bond donors (Lipinski definition) is 2. The molecule has 2 N–H and O–H groups in total. The quantitative estimate of drug-likeness (QED) is 0.271. The van der Waals surface area contributed by atoms with E-state index in [0.29, 0.717) is 46.6 Å². The molecule has 4 rings (SSSR count). The standard InChI is InChI=1S/C29H37N7O4/c1-8-9-21-24-25(36(4)34-21)28(31-20-12-10-18(11-13-20)29(37)30-14-15-35(2)3)33-27(32-24)19-16-22(38-5)26(40-7)23(17-19)39-6/h10-13,16-17H,8-9,14-15H2,1-7H3,(H,30,37)(H,31,32,33). The van der Waals surface area contributed by atoms with Crippen molar-refractivity contribution in [2.75, 3.05) is 53.8 Å². The number of amides is 1. The minimum atomic E-state index is -0.113. The van der Waals surface area contributed by atoms with E-state index in [1.807, 2.05) is 50.3 Å². The Morgan fingerprint density at radius 2 is 1.68 bits per heavy atom. The second-order valence-corrected chi connectivity index (χ2v) is 9.59. The van der Waals surface area contributed by atoms with Gasteiger partial charge in [-0.1, -0.05) is 13.3 Å². The van der Waals surface area contributed by atoms with Crippen LogP contribution >= 0.6 is 0 Å². The van der Waals surface area contributed by atoms with E-state index in [9.17, 15) is 4.79 Å². The maximum absolute atomic E-state index is 12.5. The SMILES string of the molecule is CCCc1nn(C)c2c(Nc3ccc(C(=O)NCCN(C)C)cc3)nc(-c3cc(OC)c(OC)c(OC)c3)nc12. The third-order valence-electron chi connectivity index (χ3n) is 6.42. The lowest BCUT2D eigenvalue weighted by Gasteiger charge is -2.15. The molecule has 0 saturated heterocycles. The summed E-state index contributed by atoms with van der Waals surface area (Å²) >= 11 is 0. The van der Waals surface area contributed by atoms with Crippen LogP contribution in [0.1, 0.15) is 29.4 Å². The van der Waals surface area contributed by atoms with Crippen LogP contribution in [0, 0.1) is 0 Å². The van der Waals surface area contributed by atoms with E-state index < -0.39 is 0 Å². The maximum atomic E-state index is 12.5. The Balaban J connectivity index is 1.75. The molecule has 40 heavy (non-hydrogen) atoms. The van der Waals surface area contributed by atoms with Gasteiger partial charge < -0.3 is 29.7 Å². The third kappa shape index (κ3) is 6.09. The van der Waals surface area contributed by atoms with Gasteiger partial charge in [0.1, 0.15) is 11.0 Å². The molecule has 2 aromatic carbocycles. The van der Waals surface area contributed by atoms with Crippen LogP contribution in [0.5, 0.6) is 17.2 Å². The highest BCUT2D eigenvalue weighted by Crippen LogP contribution is 2.41. The summed E-state index contributed by atoms with van der Waals surface area (Å²) in [5.74, 6) is 2.47. The van der Waals surface area contributed by atoms with Crippen molar-refractivity contribution in [1.82, 2.24) is 30.0 Å². The minimum Gasteiger partial charge on any atom is -0.493 e. The average Bonchev–Trinajstić information content (AvgIpc) is 3.27. The average molecular weight is 548 g/mol. The number of carbonyl (C=O) groups excluding carboxylic acids is 1. The zero-order valence-corrected chi connectivity index (χ0v) is 24.2. The molecule has 212 valence electrons. The van der Waals surface area contributed by atoms with Gasteiger partial charge in [0.25, 0.3) is 5.91 Å².